The lowest BCUT2D eigenvalue weighted by molar-refractivity contribution is 0.248. The summed E-state index contributed by atoms with van der Waals surface area (Å²) in [5.41, 5.74) is 0.745. The van der Waals surface area contributed by atoms with Gasteiger partial charge in [0.05, 0.1) is 0 Å². The SMILES string of the molecule is CN1CC[C@@H](NC(=O)Nc2ccc(Oc3ccccc3)cc2)C1. The molecule has 1 heterocycles. The van der Waals surface area contributed by atoms with Crippen LogP contribution >= 0.6 is 0 Å². The number of hydrogen-bond donors (Lipinski definition) is 2. The van der Waals surface area contributed by atoms with Crippen molar-refractivity contribution < 1.29 is 9.53 Å². The fraction of sp³-hybridized carbons (Fsp3) is 0.278. The Hall–Kier alpha value is -2.53. The molecule has 1 saturated heterocycles. The molecule has 0 bridgehead atoms. The summed E-state index contributed by atoms with van der Waals surface area (Å²) in [5, 5.41) is 5.84. The maximum Gasteiger partial charge on any atom is 0.319 e. The summed E-state index contributed by atoms with van der Waals surface area (Å²) < 4.78 is 5.72. The number of carbonyl (C=O) groups is 1. The Labute approximate surface area is 136 Å². The standard InChI is InChI=1S/C18H21N3O2/c1-21-12-11-15(13-21)20-18(22)19-14-7-9-17(10-8-14)23-16-5-3-2-4-6-16/h2-10,15H,11-13H2,1H3,(H2,19,20,22)/t15-/m1/s1. The second-order valence-corrected chi connectivity index (χ2v) is 5.79. The molecule has 120 valence electrons. The highest BCUT2D eigenvalue weighted by molar-refractivity contribution is 5.89. The molecule has 0 saturated carbocycles. The summed E-state index contributed by atoms with van der Waals surface area (Å²) in [7, 11) is 2.06. The van der Waals surface area contributed by atoms with Crippen molar-refractivity contribution in [2.75, 3.05) is 25.5 Å². The van der Waals surface area contributed by atoms with E-state index in [-0.39, 0.29) is 12.1 Å². The van der Waals surface area contributed by atoms with Gasteiger partial charge in [-0.3, -0.25) is 0 Å². The molecule has 1 atom stereocenters. The van der Waals surface area contributed by atoms with Crippen molar-refractivity contribution in [3.8, 4) is 11.5 Å². The molecule has 5 nitrogen and oxygen atoms in total. The van der Waals surface area contributed by atoms with E-state index in [1.807, 2.05) is 54.6 Å². The van der Waals surface area contributed by atoms with Crippen molar-refractivity contribution in [3.63, 3.8) is 0 Å². The van der Waals surface area contributed by atoms with Gasteiger partial charge in [0.25, 0.3) is 0 Å². The number of nitrogens with one attached hydrogen (secondary N) is 2. The van der Waals surface area contributed by atoms with Gasteiger partial charge in [-0.25, -0.2) is 4.79 Å². The van der Waals surface area contributed by atoms with E-state index in [2.05, 4.69) is 22.6 Å². The number of amides is 2. The molecule has 0 radical (unpaired) electrons. The van der Waals surface area contributed by atoms with E-state index in [1.165, 1.54) is 0 Å². The minimum absolute atomic E-state index is 0.165. The van der Waals surface area contributed by atoms with Gasteiger partial charge in [0, 0.05) is 18.3 Å². The van der Waals surface area contributed by atoms with Crippen LogP contribution in [0.5, 0.6) is 11.5 Å². The molecule has 3 rings (SSSR count). The Kier molecular flexibility index (Phi) is 4.78. The lowest BCUT2D eigenvalue weighted by Crippen LogP contribution is -2.39. The van der Waals surface area contributed by atoms with Crippen LogP contribution in [-0.2, 0) is 0 Å². The molecule has 1 fully saturated rings. The smallest absolute Gasteiger partial charge is 0.319 e. The van der Waals surface area contributed by atoms with Crippen molar-refractivity contribution in [3.05, 3.63) is 54.6 Å². The van der Waals surface area contributed by atoms with Gasteiger partial charge < -0.3 is 20.3 Å². The van der Waals surface area contributed by atoms with Crippen molar-refractivity contribution in [1.82, 2.24) is 10.2 Å². The zero-order valence-corrected chi connectivity index (χ0v) is 13.2. The van der Waals surface area contributed by atoms with Crippen molar-refractivity contribution >= 4 is 11.7 Å². The largest absolute Gasteiger partial charge is 0.457 e. The first-order valence-corrected chi connectivity index (χ1v) is 7.78. The number of carbonyl (C=O) groups excluding carboxylic acids is 1. The van der Waals surface area contributed by atoms with Crippen LogP contribution < -0.4 is 15.4 Å². The average molecular weight is 311 g/mol. The number of urea groups is 1. The quantitative estimate of drug-likeness (QED) is 0.911. The Morgan fingerprint density at radius 1 is 1.09 bits per heavy atom. The van der Waals surface area contributed by atoms with E-state index in [4.69, 9.17) is 4.74 Å². The predicted molar refractivity (Wildman–Crippen MR) is 91.0 cm³/mol. The maximum atomic E-state index is 12.0. The van der Waals surface area contributed by atoms with Gasteiger partial charge in [-0.05, 0) is 56.4 Å². The number of benzene rings is 2. The van der Waals surface area contributed by atoms with E-state index in [0.717, 1.165) is 36.7 Å². The minimum atomic E-state index is -0.165. The molecule has 2 amide bonds. The molecule has 23 heavy (non-hydrogen) atoms. The van der Waals surface area contributed by atoms with Gasteiger partial charge in [-0.1, -0.05) is 18.2 Å². The number of likely N-dealkylation sites (N-methyl/N-ethyl adjacent to an activating group) is 1. The first-order chi connectivity index (χ1) is 11.2. The van der Waals surface area contributed by atoms with Crippen molar-refractivity contribution in [2.24, 2.45) is 0 Å². The van der Waals surface area contributed by atoms with Crippen LogP contribution in [0.2, 0.25) is 0 Å². The first-order valence-electron chi connectivity index (χ1n) is 7.78. The van der Waals surface area contributed by atoms with Crippen molar-refractivity contribution in [1.29, 1.82) is 0 Å². The maximum absolute atomic E-state index is 12.0. The summed E-state index contributed by atoms with van der Waals surface area (Å²) in [6, 6.07) is 17.0. The fourth-order valence-electron chi connectivity index (χ4n) is 2.64. The van der Waals surface area contributed by atoms with Crippen LogP contribution in [0.3, 0.4) is 0 Å². The van der Waals surface area contributed by atoms with Gasteiger partial charge >= 0.3 is 6.03 Å². The highest BCUT2D eigenvalue weighted by Crippen LogP contribution is 2.22. The summed E-state index contributed by atoms with van der Waals surface area (Å²) in [6.07, 6.45) is 0.994. The normalized spacial score (nSPS) is 17.7. The first kappa shape index (κ1) is 15.4. The molecule has 0 aromatic heterocycles. The second-order valence-electron chi connectivity index (χ2n) is 5.79. The van der Waals surface area contributed by atoms with Crippen LogP contribution in [0.25, 0.3) is 0 Å². The number of anilines is 1. The molecule has 5 heteroatoms. The van der Waals surface area contributed by atoms with E-state index in [9.17, 15) is 4.79 Å². The Bertz CT molecular complexity index is 643. The molecular weight excluding hydrogens is 290 g/mol. The molecule has 2 aromatic carbocycles. The highest BCUT2D eigenvalue weighted by Gasteiger charge is 2.20. The zero-order valence-electron chi connectivity index (χ0n) is 13.2. The molecule has 1 aliphatic heterocycles. The Morgan fingerprint density at radius 3 is 2.43 bits per heavy atom. The predicted octanol–water partition coefficient (Wildman–Crippen LogP) is 3.30. The Morgan fingerprint density at radius 2 is 1.78 bits per heavy atom. The summed E-state index contributed by atoms with van der Waals surface area (Å²) >= 11 is 0. The summed E-state index contributed by atoms with van der Waals surface area (Å²) in [4.78, 5) is 14.2. The number of rotatable bonds is 4. The van der Waals surface area contributed by atoms with Crippen molar-refractivity contribution in [2.45, 2.75) is 12.5 Å². The topological polar surface area (TPSA) is 53.6 Å². The number of likely N-dealkylation sites (tertiary alicyclic amines) is 1. The van der Waals surface area contributed by atoms with E-state index in [0.29, 0.717) is 0 Å². The van der Waals surface area contributed by atoms with Crippen LogP contribution in [0.1, 0.15) is 6.42 Å². The third-order valence-electron chi connectivity index (χ3n) is 3.82. The molecular formula is C18H21N3O2. The van der Waals surface area contributed by atoms with E-state index < -0.39 is 0 Å². The molecule has 2 aromatic rings. The van der Waals surface area contributed by atoms with Gasteiger partial charge in [-0.2, -0.15) is 0 Å². The van der Waals surface area contributed by atoms with Gasteiger partial charge in [0.2, 0.25) is 0 Å². The Balaban J connectivity index is 1.52. The number of ether oxygens (including phenoxy) is 1. The molecule has 0 aliphatic carbocycles. The number of hydrogen-bond acceptors (Lipinski definition) is 3. The second kappa shape index (κ2) is 7.15. The molecule has 1 aliphatic rings. The third-order valence-corrected chi connectivity index (χ3v) is 3.82. The van der Waals surface area contributed by atoms with Gasteiger partial charge in [0.1, 0.15) is 11.5 Å². The third kappa shape index (κ3) is 4.47. The van der Waals surface area contributed by atoms with Gasteiger partial charge in [-0.15, -0.1) is 0 Å². The van der Waals surface area contributed by atoms with E-state index in [1.54, 1.807) is 0 Å². The average Bonchev–Trinajstić information content (AvgIpc) is 2.95. The molecule has 0 spiro atoms. The highest BCUT2D eigenvalue weighted by atomic mass is 16.5. The molecule has 0 unspecified atom stereocenters. The minimum Gasteiger partial charge on any atom is -0.457 e. The number of nitrogens with zero attached hydrogens (tertiary/aromatic N) is 1. The summed E-state index contributed by atoms with van der Waals surface area (Å²) in [5.74, 6) is 1.52. The van der Waals surface area contributed by atoms with Crippen LogP contribution in [0, 0.1) is 0 Å². The summed E-state index contributed by atoms with van der Waals surface area (Å²) in [6.45, 7) is 1.92. The molecule has 2 N–H and O–H groups in total. The van der Waals surface area contributed by atoms with Crippen LogP contribution in [0.15, 0.2) is 54.6 Å². The van der Waals surface area contributed by atoms with E-state index >= 15 is 0 Å². The van der Waals surface area contributed by atoms with Gasteiger partial charge in [0.15, 0.2) is 0 Å². The van der Waals surface area contributed by atoms with Crippen LogP contribution in [0.4, 0.5) is 10.5 Å². The lowest BCUT2D eigenvalue weighted by atomic mass is 10.2. The monoisotopic (exact) mass is 311 g/mol. The number of para-hydroxylation sites is 1. The zero-order chi connectivity index (χ0) is 16.1. The van der Waals surface area contributed by atoms with Crippen LogP contribution in [-0.4, -0.2) is 37.1 Å². The lowest BCUT2D eigenvalue weighted by Gasteiger charge is -2.14. The fourth-order valence-corrected chi connectivity index (χ4v) is 2.64.